The zero-order valence-corrected chi connectivity index (χ0v) is 12.7. The molecule has 114 valence electrons. The lowest BCUT2D eigenvalue weighted by Crippen LogP contribution is -2.38. The summed E-state index contributed by atoms with van der Waals surface area (Å²) < 4.78 is 0. The van der Waals surface area contributed by atoms with Crippen molar-refractivity contribution >= 4 is 29.2 Å². The monoisotopic (exact) mass is 324 g/mol. The third-order valence-corrected chi connectivity index (χ3v) is 4.20. The van der Waals surface area contributed by atoms with E-state index in [2.05, 4.69) is 10.6 Å². The van der Waals surface area contributed by atoms with Crippen LogP contribution >= 0.6 is 11.8 Å². The maximum absolute atomic E-state index is 11.9. The number of anilines is 2. The van der Waals surface area contributed by atoms with Gasteiger partial charge in [0, 0.05) is 10.6 Å². The molecule has 2 amide bonds. The molecule has 0 spiro atoms. The summed E-state index contributed by atoms with van der Waals surface area (Å²) in [5.74, 6) is 0. The second-order valence-corrected chi connectivity index (χ2v) is 5.81. The van der Waals surface area contributed by atoms with Gasteiger partial charge in [0.15, 0.2) is 0 Å². The van der Waals surface area contributed by atoms with Crippen molar-refractivity contribution in [1.82, 2.24) is 0 Å². The van der Waals surface area contributed by atoms with Gasteiger partial charge in [0.25, 0.3) is 5.43 Å². The van der Waals surface area contributed by atoms with E-state index in [-0.39, 0.29) is 10.6 Å². The van der Waals surface area contributed by atoms with Crippen LogP contribution in [0.25, 0.3) is 0 Å². The highest BCUT2D eigenvalue weighted by molar-refractivity contribution is 7.99. The third kappa shape index (κ3) is 3.32. The Labute approximate surface area is 136 Å². The Morgan fingerprint density at radius 3 is 2.04 bits per heavy atom. The van der Waals surface area contributed by atoms with Gasteiger partial charge in [0.1, 0.15) is 5.69 Å². The largest absolute Gasteiger partial charge is 0.323 e. The lowest BCUT2D eigenvalue weighted by molar-refractivity contribution is 0.262. The molecular formula is C17H12N2O3S. The molecule has 0 aliphatic rings. The molecule has 3 aromatic carbocycles. The van der Waals surface area contributed by atoms with E-state index in [0.717, 1.165) is 4.90 Å². The van der Waals surface area contributed by atoms with Crippen LogP contribution in [0.15, 0.2) is 80.0 Å². The SMILES string of the molecule is O=C(Nc1ccccc1)Nc1c(Sc2ccccc2)c(=O)c1=O. The first-order chi connectivity index (χ1) is 11.1. The van der Waals surface area contributed by atoms with Crippen LogP contribution in [-0.4, -0.2) is 6.03 Å². The van der Waals surface area contributed by atoms with E-state index in [9.17, 15) is 14.4 Å². The van der Waals surface area contributed by atoms with E-state index in [1.165, 1.54) is 11.8 Å². The van der Waals surface area contributed by atoms with Gasteiger partial charge in [0.05, 0.1) is 4.90 Å². The van der Waals surface area contributed by atoms with Crippen molar-refractivity contribution in [2.24, 2.45) is 0 Å². The molecule has 2 N–H and O–H groups in total. The van der Waals surface area contributed by atoms with Gasteiger partial charge in [-0.1, -0.05) is 48.2 Å². The number of benzene rings is 2. The van der Waals surface area contributed by atoms with Crippen LogP contribution in [0.5, 0.6) is 0 Å². The van der Waals surface area contributed by atoms with Gasteiger partial charge in [-0.15, -0.1) is 0 Å². The maximum atomic E-state index is 11.9. The number of carbonyl (C=O) groups excluding carboxylic acids is 1. The molecule has 5 nitrogen and oxygen atoms in total. The number of carbonyl (C=O) groups is 1. The van der Waals surface area contributed by atoms with E-state index in [1.54, 1.807) is 24.3 Å². The molecule has 0 aliphatic heterocycles. The molecule has 3 aromatic rings. The number of rotatable bonds is 4. The lowest BCUT2D eigenvalue weighted by Gasteiger charge is -2.12. The number of hydrogen-bond acceptors (Lipinski definition) is 4. The predicted molar refractivity (Wildman–Crippen MR) is 91.0 cm³/mol. The van der Waals surface area contributed by atoms with Gasteiger partial charge >= 0.3 is 6.03 Å². The normalized spacial score (nSPS) is 10.4. The molecule has 0 saturated heterocycles. The molecule has 0 unspecified atom stereocenters. The van der Waals surface area contributed by atoms with Crippen molar-refractivity contribution in [3.63, 3.8) is 0 Å². The van der Waals surface area contributed by atoms with Gasteiger partial charge in [0.2, 0.25) is 5.43 Å². The van der Waals surface area contributed by atoms with Crippen molar-refractivity contribution < 1.29 is 4.79 Å². The molecule has 0 saturated carbocycles. The minimum atomic E-state index is -0.674. The van der Waals surface area contributed by atoms with Crippen molar-refractivity contribution in [1.29, 1.82) is 0 Å². The van der Waals surface area contributed by atoms with Gasteiger partial charge in [-0.25, -0.2) is 4.79 Å². The Morgan fingerprint density at radius 1 is 0.783 bits per heavy atom. The smallest absolute Gasteiger partial charge is 0.308 e. The number of para-hydroxylation sites is 1. The molecular weight excluding hydrogens is 312 g/mol. The van der Waals surface area contributed by atoms with Crippen LogP contribution in [0.1, 0.15) is 0 Å². The molecule has 0 fully saturated rings. The fourth-order valence-electron chi connectivity index (χ4n) is 1.99. The molecule has 0 bridgehead atoms. The zero-order chi connectivity index (χ0) is 16.2. The molecule has 0 heterocycles. The fraction of sp³-hybridized carbons (Fsp3) is 0. The van der Waals surface area contributed by atoms with Crippen LogP contribution in [0, 0.1) is 0 Å². The molecule has 6 heteroatoms. The maximum Gasteiger partial charge on any atom is 0.323 e. The van der Waals surface area contributed by atoms with Crippen LogP contribution in [-0.2, 0) is 0 Å². The molecule has 0 atom stereocenters. The first kappa shape index (κ1) is 15.1. The second kappa shape index (κ2) is 6.50. The fourth-order valence-corrected chi connectivity index (χ4v) is 2.95. The van der Waals surface area contributed by atoms with Crippen molar-refractivity contribution in [2.45, 2.75) is 9.79 Å². The Morgan fingerprint density at radius 2 is 1.39 bits per heavy atom. The van der Waals surface area contributed by atoms with E-state index in [0.29, 0.717) is 5.69 Å². The summed E-state index contributed by atoms with van der Waals surface area (Å²) in [5, 5.41) is 5.06. The lowest BCUT2D eigenvalue weighted by atomic mass is 10.2. The van der Waals surface area contributed by atoms with Crippen molar-refractivity contribution in [3.8, 4) is 0 Å². The highest BCUT2D eigenvalue weighted by Crippen LogP contribution is 2.30. The summed E-state index contributed by atoms with van der Waals surface area (Å²) in [6, 6.07) is 17.5. The number of urea groups is 1. The number of nitrogens with one attached hydrogen (secondary N) is 2. The van der Waals surface area contributed by atoms with Crippen LogP contribution in [0.3, 0.4) is 0 Å². The van der Waals surface area contributed by atoms with E-state index in [4.69, 9.17) is 0 Å². The molecule has 3 rings (SSSR count). The quantitative estimate of drug-likeness (QED) is 0.723. The third-order valence-electron chi connectivity index (χ3n) is 3.10. The van der Waals surface area contributed by atoms with Gasteiger partial charge < -0.3 is 10.6 Å². The first-order valence-electron chi connectivity index (χ1n) is 6.84. The van der Waals surface area contributed by atoms with Crippen molar-refractivity contribution in [2.75, 3.05) is 10.6 Å². The number of amides is 2. The number of hydrogen-bond donors (Lipinski definition) is 2. The van der Waals surface area contributed by atoms with Gasteiger partial charge in [-0.05, 0) is 24.3 Å². The van der Waals surface area contributed by atoms with E-state index < -0.39 is 16.9 Å². The molecule has 0 aliphatic carbocycles. The van der Waals surface area contributed by atoms with Crippen LogP contribution in [0.2, 0.25) is 0 Å². The summed E-state index contributed by atoms with van der Waals surface area (Å²) in [6.45, 7) is 0. The molecule has 0 radical (unpaired) electrons. The highest BCUT2D eigenvalue weighted by atomic mass is 32.2. The second-order valence-electron chi connectivity index (χ2n) is 4.72. The Hall–Kier alpha value is -2.86. The molecule has 23 heavy (non-hydrogen) atoms. The standard InChI is InChI=1S/C17H12N2O3S/c20-14-13(19-17(22)18-11-7-3-1-4-8-11)16(15(14)21)23-12-9-5-2-6-10-12/h1-10H,(H2,18,19,22). The van der Waals surface area contributed by atoms with Crippen molar-refractivity contribution in [3.05, 3.63) is 81.1 Å². The summed E-state index contributed by atoms with van der Waals surface area (Å²) in [4.78, 5) is 36.4. The first-order valence-corrected chi connectivity index (χ1v) is 7.66. The van der Waals surface area contributed by atoms with Crippen LogP contribution < -0.4 is 21.5 Å². The summed E-state index contributed by atoms with van der Waals surface area (Å²) in [7, 11) is 0. The Balaban J connectivity index is 1.74. The minimum absolute atomic E-state index is 0.0392. The summed E-state index contributed by atoms with van der Waals surface area (Å²) >= 11 is 1.17. The summed E-state index contributed by atoms with van der Waals surface area (Å²) in [6.07, 6.45) is 0. The topological polar surface area (TPSA) is 75.3 Å². The zero-order valence-electron chi connectivity index (χ0n) is 11.9. The van der Waals surface area contributed by atoms with E-state index in [1.807, 2.05) is 36.4 Å². The molecule has 0 aromatic heterocycles. The summed E-state index contributed by atoms with van der Waals surface area (Å²) in [5.41, 5.74) is -0.612. The average molecular weight is 324 g/mol. The van der Waals surface area contributed by atoms with Gasteiger partial charge in [-0.2, -0.15) is 0 Å². The van der Waals surface area contributed by atoms with Gasteiger partial charge in [-0.3, -0.25) is 9.59 Å². The Kier molecular flexibility index (Phi) is 4.25. The predicted octanol–water partition coefficient (Wildman–Crippen LogP) is 3.08. The van der Waals surface area contributed by atoms with E-state index >= 15 is 0 Å². The minimum Gasteiger partial charge on any atom is -0.308 e. The Bertz CT molecular complexity index is 901. The highest BCUT2D eigenvalue weighted by Gasteiger charge is 2.23. The van der Waals surface area contributed by atoms with Crippen LogP contribution in [0.4, 0.5) is 16.2 Å². The average Bonchev–Trinajstić information content (AvgIpc) is 2.59.